The number of ether oxygens (including phenoxy) is 3. The van der Waals surface area contributed by atoms with E-state index in [9.17, 15) is 29.1 Å². The van der Waals surface area contributed by atoms with Crippen molar-refractivity contribution in [2.45, 2.75) is 101 Å². The number of allylic oxidation sites excluding steroid dienone is 7. The summed E-state index contributed by atoms with van der Waals surface area (Å²) in [4.78, 5) is 61.2. The topological polar surface area (TPSA) is 169 Å². The molecule has 0 unspecified atom stereocenters. The number of methoxy groups -OCH3 is 2. The highest BCUT2D eigenvalue weighted by Gasteiger charge is 2.26. The molecule has 0 aliphatic heterocycles. The number of aliphatic hydroxyl groups excluding tert-OH is 1. The molecular formula is C36H57N3O9S. The smallest absolute Gasteiger partial charge is 0.325 e. The monoisotopic (exact) mass is 707 g/mol. The van der Waals surface area contributed by atoms with E-state index in [0.717, 1.165) is 6.42 Å². The summed E-state index contributed by atoms with van der Waals surface area (Å²) >= 11 is 1.25. The number of amides is 2. The minimum Gasteiger partial charge on any atom is -0.468 e. The van der Waals surface area contributed by atoms with E-state index in [1.54, 1.807) is 14.0 Å². The van der Waals surface area contributed by atoms with Gasteiger partial charge in [-0.1, -0.05) is 67.9 Å². The summed E-state index contributed by atoms with van der Waals surface area (Å²) in [6.45, 7) is 1.63. The maximum absolute atomic E-state index is 13.0. The lowest BCUT2D eigenvalue weighted by molar-refractivity contribution is -0.144. The van der Waals surface area contributed by atoms with Gasteiger partial charge >= 0.3 is 17.9 Å². The van der Waals surface area contributed by atoms with Crippen molar-refractivity contribution in [2.75, 3.05) is 40.2 Å². The van der Waals surface area contributed by atoms with Gasteiger partial charge in [-0.05, 0) is 58.4 Å². The lowest BCUT2D eigenvalue weighted by Crippen LogP contribution is -2.50. The van der Waals surface area contributed by atoms with Gasteiger partial charge < -0.3 is 35.3 Å². The van der Waals surface area contributed by atoms with Crippen molar-refractivity contribution in [1.29, 1.82) is 0 Å². The molecule has 1 aliphatic rings. The van der Waals surface area contributed by atoms with E-state index in [-0.39, 0.29) is 44.1 Å². The van der Waals surface area contributed by atoms with E-state index >= 15 is 0 Å². The van der Waals surface area contributed by atoms with Crippen LogP contribution in [-0.2, 0) is 38.2 Å². The van der Waals surface area contributed by atoms with Crippen LogP contribution in [-0.4, -0.2) is 98.4 Å². The number of thioether (sulfide) groups is 1. The average Bonchev–Trinajstić information content (AvgIpc) is 3.10. The third-order valence-corrected chi connectivity index (χ3v) is 9.28. The molecule has 1 fully saturated rings. The number of aliphatic hydroxyl groups is 1. The van der Waals surface area contributed by atoms with Crippen molar-refractivity contribution in [2.24, 2.45) is 5.92 Å². The molecule has 12 nitrogen and oxygen atoms in total. The standard InChI is InChI=1S/C36H57N3O9S/c1-5-48-33(42)22-16-20-30(40)31(21-15-10-8-6-7-9-12-17-27-18-13-11-14-19-27)49-26-29(35(44)38-25-34(43)46-3)39-32(41)24-23-28(37-2)36(45)47-4/h6-8,10,12,15,17,21,27-31,37,40H,5,9,11,13-14,16,18-20,22-26H2,1-4H3,(H,38,44)(H,39,41)/b7-6-,10-8+,17-12-,21-15+/t28-,29-,30-,31+/m0/s1. The molecule has 0 heterocycles. The van der Waals surface area contributed by atoms with Gasteiger partial charge in [-0.3, -0.25) is 24.0 Å². The first-order chi connectivity index (χ1) is 23.6. The number of nitrogens with one attached hydrogen (secondary N) is 3. The number of hydrogen-bond donors (Lipinski definition) is 4. The Morgan fingerprint density at radius 1 is 0.898 bits per heavy atom. The van der Waals surface area contributed by atoms with Crippen molar-refractivity contribution in [3.8, 4) is 0 Å². The average molecular weight is 708 g/mol. The van der Waals surface area contributed by atoms with Crippen molar-refractivity contribution >= 4 is 41.5 Å². The Hall–Kier alpha value is -3.42. The molecule has 0 bridgehead atoms. The lowest BCUT2D eigenvalue weighted by Gasteiger charge is -2.23. The predicted octanol–water partition coefficient (Wildman–Crippen LogP) is 3.69. The predicted molar refractivity (Wildman–Crippen MR) is 192 cm³/mol. The first-order valence-corrected chi connectivity index (χ1v) is 18.2. The van der Waals surface area contributed by atoms with Crippen LogP contribution in [0.5, 0.6) is 0 Å². The van der Waals surface area contributed by atoms with Crippen molar-refractivity contribution in [3.63, 3.8) is 0 Å². The van der Waals surface area contributed by atoms with Crippen LogP contribution in [0.4, 0.5) is 0 Å². The Bertz CT molecular complexity index is 1120. The summed E-state index contributed by atoms with van der Waals surface area (Å²) in [7, 11) is 4.03. The maximum Gasteiger partial charge on any atom is 0.325 e. The zero-order valence-corrected chi connectivity index (χ0v) is 30.3. The van der Waals surface area contributed by atoms with Crippen LogP contribution in [0, 0.1) is 5.92 Å². The number of hydrogen-bond acceptors (Lipinski definition) is 11. The molecular weight excluding hydrogens is 650 g/mol. The van der Waals surface area contributed by atoms with E-state index in [1.165, 1.54) is 58.1 Å². The molecule has 13 heteroatoms. The van der Waals surface area contributed by atoms with Gasteiger partial charge in [0, 0.05) is 23.8 Å². The van der Waals surface area contributed by atoms with Gasteiger partial charge in [-0.2, -0.15) is 0 Å². The zero-order valence-electron chi connectivity index (χ0n) is 29.5. The minimum absolute atomic E-state index is 0.0616. The van der Waals surface area contributed by atoms with Gasteiger partial charge in [0.1, 0.15) is 18.6 Å². The molecule has 0 aromatic heterocycles. The molecule has 1 aliphatic carbocycles. The summed E-state index contributed by atoms with van der Waals surface area (Å²) in [6.07, 6.45) is 23.4. The first-order valence-electron chi connectivity index (χ1n) is 17.2. The third-order valence-electron chi connectivity index (χ3n) is 7.90. The molecule has 4 atom stereocenters. The molecule has 1 rings (SSSR count). The van der Waals surface area contributed by atoms with Crippen LogP contribution in [0.25, 0.3) is 0 Å². The lowest BCUT2D eigenvalue weighted by atomic mass is 9.89. The van der Waals surface area contributed by atoms with Gasteiger partial charge in [0.2, 0.25) is 11.8 Å². The highest BCUT2D eigenvalue weighted by atomic mass is 32.2. The summed E-state index contributed by atoms with van der Waals surface area (Å²) in [6, 6.07) is -1.76. The number of likely N-dealkylation sites (N-methyl/N-ethyl adjacent to an activating group) is 1. The van der Waals surface area contributed by atoms with E-state index in [1.807, 2.05) is 30.4 Å². The molecule has 0 radical (unpaired) electrons. The number of carbonyl (C=O) groups is 5. The van der Waals surface area contributed by atoms with Gasteiger partial charge in [0.15, 0.2) is 0 Å². The second-order valence-electron chi connectivity index (χ2n) is 11.6. The van der Waals surface area contributed by atoms with Crippen molar-refractivity contribution in [3.05, 3.63) is 48.6 Å². The van der Waals surface area contributed by atoms with Gasteiger partial charge in [0.05, 0.1) is 26.9 Å². The molecule has 0 aromatic rings. The van der Waals surface area contributed by atoms with Crippen LogP contribution in [0.2, 0.25) is 0 Å². The SMILES string of the molecule is CCOC(=O)CCC[C@H](O)[C@@H](/C=C/C=C/C=C\C/C=C\C1CCCCC1)SC[C@H](NC(=O)CC[C@H](NC)C(=O)OC)C(=O)NCC(=O)OC. The fraction of sp³-hybridized carbons (Fsp3) is 0.639. The Balaban J connectivity index is 2.94. The summed E-state index contributed by atoms with van der Waals surface area (Å²) in [5.41, 5.74) is 0. The zero-order chi connectivity index (χ0) is 36.3. The van der Waals surface area contributed by atoms with Crippen LogP contribution in [0.15, 0.2) is 48.6 Å². The molecule has 1 saturated carbocycles. The van der Waals surface area contributed by atoms with Gasteiger partial charge in [0.25, 0.3) is 0 Å². The number of carbonyl (C=O) groups excluding carboxylic acids is 5. The van der Waals surface area contributed by atoms with Crippen LogP contribution in [0.3, 0.4) is 0 Å². The van der Waals surface area contributed by atoms with Gasteiger partial charge in [-0.25, -0.2) is 0 Å². The Kier molecular flexibility index (Phi) is 24.4. The Morgan fingerprint density at radius 3 is 2.31 bits per heavy atom. The van der Waals surface area contributed by atoms with Crippen LogP contribution in [0.1, 0.15) is 77.6 Å². The molecule has 49 heavy (non-hydrogen) atoms. The molecule has 0 saturated heterocycles. The summed E-state index contributed by atoms with van der Waals surface area (Å²) in [5.74, 6) is -1.83. The van der Waals surface area contributed by atoms with Crippen molar-refractivity contribution in [1.82, 2.24) is 16.0 Å². The highest BCUT2D eigenvalue weighted by molar-refractivity contribution is 8.00. The first kappa shape index (κ1) is 43.6. The molecule has 0 aromatic carbocycles. The molecule has 4 N–H and O–H groups in total. The quantitative estimate of drug-likeness (QED) is 0.0500. The van der Waals surface area contributed by atoms with E-state index in [4.69, 9.17) is 9.47 Å². The van der Waals surface area contributed by atoms with Crippen LogP contribution >= 0.6 is 11.8 Å². The summed E-state index contributed by atoms with van der Waals surface area (Å²) < 4.78 is 14.3. The Labute approximate surface area is 295 Å². The second-order valence-corrected chi connectivity index (χ2v) is 12.9. The maximum atomic E-state index is 13.0. The fourth-order valence-corrected chi connectivity index (χ4v) is 6.30. The van der Waals surface area contributed by atoms with E-state index in [2.05, 4.69) is 38.9 Å². The normalized spacial score (nSPS) is 16.4. The largest absolute Gasteiger partial charge is 0.468 e. The minimum atomic E-state index is -1.06. The molecule has 2 amide bonds. The second kappa shape index (κ2) is 27.4. The fourth-order valence-electron chi connectivity index (χ4n) is 5.09. The Morgan fingerprint density at radius 2 is 1.63 bits per heavy atom. The highest BCUT2D eigenvalue weighted by Crippen LogP contribution is 2.25. The molecule has 0 spiro atoms. The molecule has 276 valence electrons. The number of esters is 3. The van der Waals surface area contributed by atoms with Gasteiger partial charge in [-0.15, -0.1) is 11.8 Å². The van der Waals surface area contributed by atoms with E-state index < -0.39 is 47.2 Å². The number of rotatable bonds is 24. The third kappa shape index (κ3) is 20.6. The summed E-state index contributed by atoms with van der Waals surface area (Å²) in [5, 5.41) is 18.5. The van der Waals surface area contributed by atoms with E-state index in [0.29, 0.717) is 18.8 Å². The van der Waals surface area contributed by atoms with Crippen LogP contribution < -0.4 is 16.0 Å². The van der Waals surface area contributed by atoms with Crippen molar-refractivity contribution < 1.29 is 43.3 Å².